The van der Waals surface area contributed by atoms with Crippen molar-refractivity contribution in [2.45, 2.75) is 50.4 Å². The van der Waals surface area contributed by atoms with E-state index in [1.807, 2.05) is 18.2 Å². The lowest BCUT2D eigenvalue weighted by molar-refractivity contribution is -0.143. The lowest BCUT2D eigenvalue weighted by atomic mass is 9.98. The molecule has 8 nitrogen and oxygen atoms in total. The number of rotatable bonds is 7. The summed E-state index contributed by atoms with van der Waals surface area (Å²) in [5.41, 5.74) is 7.21. The fourth-order valence-electron chi connectivity index (χ4n) is 3.48. The smallest absolute Gasteiger partial charge is 0.370 e. The minimum absolute atomic E-state index is 0.0215. The first-order valence-corrected chi connectivity index (χ1v) is 9.34. The molecule has 5 N–H and O–H groups in total. The highest BCUT2D eigenvalue weighted by Crippen LogP contribution is 2.35. The van der Waals surface area contributed by atoms with E-state index in [1.54, 1.807) is 0 Å². The van der Waals surface area contributed by atoms with Gasteiger partial charge in [0.15, 0.2) is 6.10 Å². The second-order valence-electron chi connectivity index (χ2n) is 7.31. The summed E-state index contributed by atoms with van der Waals surface area (Å²) in [6.07, 6.45) is 2.76. The summed E-state index contributed by atoms with van der Waals surface area (Å²) in [5, 5.41) is 14.7. The van der Waals surface area contributed by atoms with Crippen LogP contribution >= 0.6 is 0 Å². The quantitative estimate of drug-likeness (QED) is 0.533. The van der Waals surface area contributed by atoms with Crippen molar-refractivity contribution in [1.29, 1.82) is 0 Å². The molecule has 2 amide bonds. The zero-order valence-corrected chi connectivity index (χ0v) is 15.6. The third-order valence-corrected chi connectivity index (χ3v) is 5.07. The lowest BCUT2D eigenvalue weighted by Gasteiger charge is -2.34. The van der Waals surface area contributed by atoms with Crippen LogP contribution in [-0.4, -0.2) is 47.1 Å². The average molecular weight is 387 g/mol. The van der Waals surface area contributed by atoms with E-state index in [0.717, 1.165) is 19.3 Å². The number of carbonyl (C=O) groups excluding carboxylic acids is 2. The summed E-state index contributed by atoms with van der Waals surface area (Å²) in [5.74, 6) is -2.16. The molecule has 8 heteroatoms. The minimum Gasteiger partial charge on any atom is -0.475 e. The molecule has 0 aromatic heterocycles. The van der Waals surface area contributed by atoms with Gasteiger partial charge >= 0.3 is 5.97 Å². The van der Waals surface area contributed by atoms with Gasteiger partial charge in [0.05, 0.1) is 12.1 Å². The largest absolute Gasteiger partial charge is 0.475 e. The molecule has 1 heterocycles. The number of aliphatic carboxylic acids is 1. The van der Waals surface area contributed by atoms with Gasteiger partial charge in [0.1, 0.15) is 0 Å². The highest BCUT2D eigenvalue weighted by molar-refractivity contribution is 5.88. The Morgan fingerprint density at radius 1 is 1.21 bits per heavy atom. The number of aryl methyl sites for hydroxylation is 1. The Hall–Kier alpha value is -2.87. The predicted octanol–water partition coefficient (Wildman–Crippen LogP) is 0.323. The summed E-state index contributed by atoms with van der Waals surface area (Å²) in [4.78, 5) is 35.4. The number of carbonyl (C=O) groups is 3. The molecule has 1 fully saturated rings. The van der Waals surface area contributed by atoms with E-state index in [2.05, 4.69) is 22.8 Å². The van der Waals surface area contributed by atoms with Gasteiger partial charge in [-0.1, -0.05) is 30.3 Å². The van der Waals surface area contributed by atoms with E-state index in [-0.39, 0.29) is 17.7 Å². The van der Waals surface area contributed by atoms with Gasteiger partial charge in [0, 0.05) is 13.0 Å². The summed E-state index contributed by atoms with van der Waals surface area (Å²) in [6.45, 7) is 1.30. The van der Waals surface area contributed by atoms with Crippen molar-refractivity contribution in [3.63, 3.8) is 0 Å². The first kappa shape index (κ1) is 19.9. The number of ether oxygens (including phenoxy) is 1. The number of hydrogen-bond acceptors (Lipinski definition) is 5. The molecule has 2 unspecified atom stereocenters. The van der Waals surface area contributed by atoms with E-state index in [4.69, 9.17) is 10.5 Å². The molecular weight excluding hydrogens is 362 g/mol. The fourth-order valence-corrected chi connectivity index (χ4v) is 3.48. The number of amides is 2. The first-order chi connectivity index (χ1) is 13.3. The van der Waals surface area contributed by atoms with Crippen molar-refractivity contribution in [3.05, 3.63) is 47.7 Å². The molecule has 2 aliphatic rings. The number of hydrogen-bond donors (Lipinski definition) is 4. The Labute approximate surface area is 163 Å². The Morgan fingerprint density at radius 3 is 2.57 bits per heavy atom. The van der Waals surface area contributed by atoms with Crippen molar-refractivity contribution >= 4 is 17.8 Å². The maximum Gasteiger partial charge on any atom is 0.370 e. The highest BCUT2D eigenvalue weighted by atomic mass is 16.5. The second-order valence-corrected chi connectivity index (χ2v) is 7.31. The SMILES string of the molecule is CC(=O)N[C@@H]1[C@@H](N)C=C(C(=O)O)O[C@H]1C(=O)NC1CC1CCc1ccccc1. The van der Waals surface area contributed by atoms with Crippen LogP contribution in [0.4, 0.5) is 0 Å². The second kappa shape index (κ2) is 8.43. The maximum absolute atomic E-state index is 12.7. The summed E-state index contributed by atoms with van der Waals surface area (Å²) in [6, 6.07) is 8.48. The molecule has 28 heavy (non-hydrogen) atoms. The van der Waals surface area contributed by atoms with Crippen LogP contribution in [0.3, 0.4) is 0 Å². The molecule has 5 atom stereocenters. The van der Waals surface area contributed by atoms with Crippen LogP contribution in [0.1, 0.15) is 25.3 Å². The zero-order chi connectivity index (χ0) is 20.3. The topological polar surface area (TPSA) is 131 Å². The summed E-state index contributed by atoms with van der Waals surface area (Å²) < 4.78 is 5.34. The van der Waals surface area contributed by atoms with E-state index in [9.17, 15) is 19.5 Å². The minimum atomic E-state index is -1.30. The standard InChI is InChI=1S/C20H25N3O5/c1-11(24)22-17-14(21)10-16(20(26)27)28-18(17)19(25)23-15-9-13(15)8-7-12-5-3-2-4-6-12/h2-6,10,13-15,17-18H,7-9,21H2,1H3,(H,22,24)(H,23,25)(H,26,27)/t13?,14-,15?,17+,18+/m0/s1. The monoisotopic (exact) mass is 387 g/mol. The molecule has 3 rings (SSSR count). The van der Waals surface area contributed by atoms with Gasteiger partial charge in [0.25, 0.3) is 5.91 Å². The fraction of sp³-hybridized carbons (Fsp3) is 0.450. The van der Waals surface area contributed by atoms with E-state index in [1.165, 1.54) is 18.6 Å². The average Bonchev–Trinajstić information content (AvgIpc) is 3.39. The van der Waals surface area contributed by atoms with Gasteiger partial charge in [0.2, 0.25) is 11.7 Å². The Morgan fingerprint density at radius 2 is 1.93 bits per heavy atom. The molecule has 0 bridgehead atoms. The predicted molar refractivity (Wildman–Crippen MR) is 101 cm³/mol. The van der Waals surface area contributed by atoms with Crippen LogP contribution in [-0.2, 0) is 25.5 Å². The van der Waals surface area contributed by atoms with Crippen molar-refractivity contribution < 1.29 is 24.2 Å². The Kier molecular flexibility index (Phi) is 5.99. The lowest BCUT2D eigenvalue weighted by Crippen LogP contribution is -2.61. The Balaban J connectivity index is 1.58. The van der Waals surface area contributed by atoms with Crippen LogP contribution in [0.25, 0.3) is 0 Å². The van der Waals surface area contributed by atoms with Gasteiger partial charge in [-0.05, 0) is 36.8 Å². The number of nitrogens with one attached hydrogen (secondary N) is 2. The van der Waals surface area contributed by atoms with Crippen LogP contribution in [0.5, 0.6) is 0 Å². The summed E-state index contributed by atoms with van der Waals surface area (Å²) >= 11 is 0. The third-order valence-electron chi connectivity index (χ3n) is 5.07. The van der Waals surface area contributed by atoms with Crippen LogP contribution < -0.4 is 16.4 Å². The van der Waals surface area contributed by atoms with Crippen LogP contribution in [0.2, 0.25) is 0 Å². The van der Waals surface area contributed by atoms with Gasteiger partial charge in [-0.15, -0.1) is 0 Å². The zero-order valence-electron chi connectivity index (χ0n) is 15.6. The number of benzene rings is 1. The number of nitrogens with two attached hydrogens (primary N) is 1. The van der Waals surface area contributed by atoms with Gasteiger partial charge in [-0.3, -0.25) is 9.59 Å². The molecule has 1 aromatic rings. The third kappa shape index (κ3) is 4.89. The van der Waals surface area contributed by atoms with Crippen molar-refractivity contribution in [2.24, 2.45) is 11.7 Å². The van der Waals surface area contributed by atoms with Crippen molar-refractivity contribution in [1.82, 2.24) is 10.6 Å². The van der Waals surface area contributed by atoms with Gasteiger partial charge < -0.3 is 26.2 Å². The summed E-state index contributed by atoms with van der Waals surface area (Å²) in [7, 11) is 0. The molecule has 0 saturated heterocycles. The molecular formula is C20H25N3O5. The molecule has 1 aliphatic carbocycles. The molecule has 0 spiro atoms. The normalized spacial score (nSPS) is 28.5. The van der Waals surface area contributed by atoms with Crippen molar-refractivity contribution in [3.8, 4) is 0 Å². The van der Waals surface area contributed by atoms with E-state index in [0.29, 0.717) is 5.92 Å². The van der Waals surface area contributed by atoms with Crippen LogP contribution in [0.15, 0.2) is 42.2 Å². The molecule has 150 valence electrons. The molecule has 1 saturated carbocycles. The van der Waals surface area contributed by atoms with E-state index >= 15 is 0 Å². The van der Waals surface area contributed by atoms with Crippen molar-refractivity contribution in [2.75, 3.05) is 0 Å². The first-order valence-electron chi connectivity index (χ1n) is 9.34. The maximum atomic E-state index is 12.7. The number of carboxylic acids is 1. The highest BCUT2D eigenvalue weighted by Gasteiger charge is 2.44. The van der Waals surface area contributed by atoms with Gasteiger partial charge in [-0.2, -0.15) is 0 Å². The van der Waals surface area contributed by atoms with Gasteiger partial charge in [-0.25, -0.2) is 4.79 Å². The molecule has 0 radical (unpaired) electrons. The number of carboxylic acid groups (broad SMARTS) is 1. The van der Waals surface area contributed by atoms with Crippen LogP contribution in [0, 0.1) is 5.92 Å². The molecule has 1 aliphatic heterocycles. The van der Waals surface area contributed by atoms with E-state index < -0.39 is 30.1 Å². The molecule has 1 aromatic carbocycles. The Bertz CT molecular complexity index is 779.